The predicted octanol–water partition coefficient (Wildman–Crippen LogP) is 1.43. The Kier molecular flexibility index (Phi) is 3.96. The Morgan fingerprint density at radius 2 is 1.70 bits per heavy atom. The van der Waals surface area contributed by atoms with E-state index in [4.69, 9.17) is 0 Å². The Morgan fingerprint density at radius 3 is 2.30 bits per heavy atom. The van der Waals surface area contributed by atoms with Gasteiger partial charge in [0.2, 0.25) is 0 Å². The van der Waals surface area contributed by atoms with Gasteiger partial charge in [-0.25, -0.2) is 9.18 Å². The number of nitrogens with one attached hydrogen (secondary N) is 2. The molecule has 3 rings (SSSR count). The maximum absolute atomic E-state index is 13.0. The van der Waals surface area contributed by atoms with Gasteiger partial charge in [-0.3, -0.25) is 15.0 Å². The first-order valence-corrected chi connectivity index (χ1v) is 6.25. The quantitative estimate of drug-likeness (QED) is 0.771. The molecule has 0 unspecified atom stereocenters. The molecule has 0 atom stereocenters. The van der Waals surface area contributed by atoms with Gasteiger partial charge >= 0.3 is 6.03 Å². The van der Waals surface area contributed by atoms with Gasteiger partial charge in [0.1, 0.15) is 11.4 Å². The number of rotatable bonds is 1. The SMILES string of the molecule is Cl.O=C1NC(=O)C2(CCNCC2)N1c1ccc(F)cc1. The maximum Gasteiger partial charge on any atom is 0.329 e. The van der Waals surface area contributed by atoms with Gasteiger partial charge in [-0.2, -0.15) is 0 Å². The van der Waals surface area contributed by atoms with Crippen LogP contribution in [-0.2, 0) is 4.79 Å². The number of carbonyl (C=O) groups excluding carboxylic acids is 2. The summed E-state index contributed by atoms with van der Waals surface area (Å²) < 4.78 is 13.0. The van der Waals surface area contributed by atoms with Crippen molar-refractivity contribution in [3.63, 3.8) is 0 Å². The summed E-state index contributed by atoms with van der Waals surface area (Å²) in [6, 6.07) is 5.20. The van der Waals surface area contributed by atoms with Gasteiger partial charge in [-0.05, 0) is 50.2 Å². The Balaban J connectivity index is 0.00000147. The summed E-state index contributed by atoms with van der Waals surface area (Å²) in [5.74, 6) is -0.627. The highest BCUT2D eigenvalue weighted by atomic mass is 35.5. The van der Waals surface area contributed by atoms with Crippen LogP contribution in [0.4, 0.5) is 14.9 Å². The minimum Gasteiger partial charge on any atom is -0.317 e. The van der Waals surface area contributed by atoms with Crippen LogP contribution in [-0.4, -0.2) is 30.6 Å². The summed E-state index contributed by atoms with van der Waals surface area (Å²) >= 11 is 0. The lowest BCUT2D eigenvalue weighted by atomic mass is 9.86. The van der Waals surface area contributed by atoms with Crippen molar-refractivity contribution in [1.82, 2.24) is 10.6 Å². The van der Waals surface area contributed by atoms with Gasteiger partial charge in [0, 0.05) is 5.69 Å². The van der Waals surface area contributed by atoms with Crippen molar-refractivity contribution in [3.05, 3.63) is 30.1 Å². The molecule has 0 saturated carbocycles. The molecule has 108 valence electrons. The lowest BCUT2D eigenvalue weighted by Gasteiger charge is -2.38. The molecular formula is C13H15ClFN3O2. The van der Waals surface area contributed by atoms with Crippen LogP contribution in [0.1, 0.15) is 12.8 Å². The van der Waals surface area contributed by atoms with Crippen LogP contribution in [0.15, 0.2) is 24.3 Å². The number of anilines is 1. The summed E-state index contributed by atoms with van der Waals surface area (Å²) in [4.78, 5) is 25.6. The van der Waals surface area contributed by atoms with E-state index in [1.807, 2.05) is 0 Å². The fraction of sp³-hybridized carbons (Fsp3) is 0.385. The molecule has 2 heterocycles. The van der Waals surface area contributed by atoms with Crippen LogP contribution in [0.25, 0.3) is 0 Å². The van der Waals surface area contributed by atoms with Crippen LogP contribution < -0.4 is 15.5 Å². The van der Waals surface area contributed by atoms with E-state index >= 15 is 0 Å². The molecular weight excluding hydrogens is 285 g/mol. The highest BCUT2D eigenvalue weighted by molar-refractivity contribution is 6.17. The molecule has 1 spiro atoms. The van der Waals surface area contributed by atoms with Crippen LogP contribution in [0, 0.1) is 5.82 Å². The number of urea groups is 1. The standard InChI is InChI=1S/C13H14FN3O2.ClH/c14-9-1-3-10(4-2-9)17-12(19)16-11(18)13(17)5-7-15-8-6-13;/h1-4,15H,5-8H2,(H,16,18,19);1H. The van der Waals surface area contributed by atoms with Crippen molar-refractivity contribution in [3.8, 4) is 0 Å². The Morgan fingerprint density at radius 1 is 1.10 bits per heavy atom. The number of carbonyl (C=O) groups is 2. The fourth-order valence-corrected chi connectivity index (χ4v) is 2.81. The zero-order chi connectivity index (χ0) is 13.5. The van der Waals surface area contributed by atoms with Crippen molar-refractivity contribution >= 4 is 30.0 Å². The van der Waals surface area contributed by atoms with E-state index in [0.29, 0.717) is 31.6 Å². The Bertz CT molecular complexity index is 529. The van der Waals surface area contributed by atoms with E-state index in [1.54, 1.807) is 0 Å². The number of piperidine rings is 1. The second kappa shape index (κ2) is 5.38. The van der Waals surface area contributed by atoms with Gasteiger partial charge in [0.05, 0.1) is 0 Å². The molecule has 1 aromatic carbocycles. The smallest absolute Gasteiger partial charge is 0.317 e. The molecule has 5 nitrogen and oxygen atoms in total. The Labute approximate surface area is 121 Å². The van der Waals surface area contributed by atoms with E-state index in [9.17, 15) is 14.0 Å². The van der Waals surface area contributed by atoms with Crippen LogP contribution in [0.5, 0.6) is 0 Å². The van der Waals surface area contributed by atoms with Crippen molar-refractivity contribution in [2.45, 2.75) is 18.4 Å². The van der Waals surface area contributed by atoms with Gasteiger partial charge < -0.3 is 5.32 Å². The van der Waals surface area contributed by atoms with Crippen molar-refractivity contribution in [1.29, 1.82) is 0 Å². The maximum atomic E-state index is 13.0. The number of nitrogens with zero attached hydrogens (tertiary/aromatic N) is 1. The molecule has 0 radical (unpaired) electrons. The van der Waals surface area contributed by atoms with E-state index in [1.165, 1.54) is 29.2 Å². The topological polar surface area (TPSA) is 61.4 Å². The highest BCUT2D eigenvalue weighted by Gasteiger charge is 2.53. The highest BCUT2D eigenvalue weighted by Crippen LogP contribution is 2.35. The first-order valence-electron chi connectivity index (χ1n) is 6.25. The second-order valence-corrected chi connectivity index (χ2v) is 4.85. The molecule has 2 fully saturated rings. The molecule has 0 bridgehead atoms. The Hall–Kier alpha value is -1.66. The number of amides is 3. The number of hydrogen-bond acceptors (Lipinski definition) is 3. The monoisotopic (exact) mass is 299 g/mol. The van der Waals surface area contributed by atoms with Crippen LogP contribution in [0.3, 0.4) is 0 Å². The first kappa shape index (κ1) is 14.7. The average molecular weight is 300 g/mol. The zero-order valence-electron chi connectivity index (χ0n) is 10.7. The first-order chi connectivity index (χ1) is 9.13. The third kappa shape index (κ3) is 2.14. The van der Waals surface area contributed by atoms with Crippen molar-refractivity contribution in [2.75, 3.05) is 18.0 Å². The zero-order valence-corrected chi connectivity index (χ0v) is 11.5. The fourth-order valence-electron chi connectivity index (χ4n) is 2.81. The number of halogens is 2. The molecule has 2 aliphatic rings. The van der Waals surface area contributed by atoms with Gasteiger partial charge in [0.25, 0.3) is 5.91 Å². The van der Waals surface area contributed by atoms with E-state index in [0.717, 1.165) is 0 Å². The van der Waals surface area contributed by atoms with Gasteiger partial charge in [0.15, 0.2) is 0 Å². The normalized spacial score (nSPS) is 20.8. The molecule has 0 aromatic heterocycles. The van der Waals surface area contributed by atoms with Crippen molar-refractivity contribution in [2.24, 2.45) is 0 Å². The van der Waals surface area contributed by atoms with Gasteiger partial charge in [-0.15, -0.1) is 12.4 Å². The van der Waals surface area contributed by atoms with Crippen LogP contribution in [0.2, 0.25) is 0 Å². The van der Waals surface area contributed by atoms with Crippen molar-refractivity contribution < 1.29 is 14.0 Å². The largest absolute Gasteiger partial charge is 0.329 e. The summed E-state index contributed by atoms with van der Waals surface area (Å²) in [6.07, 6.45) is 1.11. The lowest BCUT2D eigenvalue weighted by Crippen LogP contribution is -2.56. The minimum absolute atomic E-state index is 0. The van der Waals surface area contributed by atoms with E-state index in [2.05, 4.69) is 10.6 Å². The molecule has 2 saturated heterocycles. The average Bonchev–Trinajstić information content (AvgIpc) is 2.64. The molecule has 20 heavy (non-hydrogen) atoms. The summed E-state index contributed by atoms with van der Waals surface area (Å²) in [6.45, 7) is 1.36. The molecule has 0 aliphatic carbocycles. The molecule has 7 heteroatoms. The summed E-state index contributed by atoms with van der Waals surface area (Å²) in [7, 11) is 0. The predicted molar refractivity (Wildman–Crippen MR) is 74.5 cm³/mol. The number of hydrogen-bond donors (Lipinski definition) is 2. The third-order valence-corrected chi connectivity index (χ3v) is 3.79. The molecule has 2 N–H and O–H groups in total. The van der Waals surface area contributed by atoms with E-state index < -0.39 is 11.6 Å². The number of benzene rings is 1. The van der Waals surface area contributed by atoms with Crippen LogP contribution >= 0.6 is 12.4 Å². The van der Waals surface area contributed by atoms with Gasteiger partial charge in [-0.1, -0.05) is 0 Å². The second-order valence-electron chi connectivity index (χ2n) is 4.85. The molecule has 2 aliphatic heterocycles. The third-order valence-electron chi connectivity index (χ3n) is 3.79. The lowest BCUT2D eigenvalue weighted by molar-refractivity contribution is -0.124. The summed E-state index contributed by atoms with van der Waals surface area (Å²) in [5.41, 5.74) is -0.285. The summed E-state index contributed by atoms with van der Waals surface area (Å²) in [5, 5.41) is 5.54. The minimum atomic E-state index is -0.833. The number of imide groups is 1. The molecule has 1 aromatic rings. The van der Waals surface area contributed by atoms with E-state index in [-0.39, 0.29) is 24.1 Å². The molecule has 3 amide bonds.